The van der Waals surface area contributed by atoms with Crippen molar-refractivity contribution >= 4 is 21.6 Å². The van der Waals surface area contributed by atoms with Gasteiger partial charge in [0.25, 0.3) is 0 Å². The number of benzene rings is 1. The van der Waals surface area contributed by atoms with E-state index in [1.54, 1.807) is 24.3 Å². The van der Waals surface area contributed by atoms with Crippen LogP contribution in [0.4, 0.5) is 10.5 Å². The number of aliphatic hydroxyl groups is 1. The van der Waals surface area contributed by atoms with Gasteiger partial charge in [-0.25, -0.2) is 13.2 Å². The van der Waals surface area contributed by atoms with E-state index in [-0.39, 0.29) is 18.2 Å². The van der Waals surface area contributed by atoms with Gasteiger partial charge in [0.15, 0.2) is 9.84 Å². The van der Waals surface area contributed by atoms with Crippen molar-refractivity contribution in [2.75, 3.05) is 18.1 Å². The Labute approximate surface area is 131 Å². The van der Waals surface area contributed by atoms with E-state index in [4.69, 9.17) is 0 Å². The van der Waals surface area contributed by atoms with Crippen LogP contribution >= 0.6 is 0 Å². The van der Waals surface area contributed by atoms with E-state index in [1.807, 2.05) is 13.8 Å². The Kier molecular flexibility index (Phi) is 6.83. The number of hydrogen-bond acceptors (Lipinski definition) is 4. The van der Waals surface area contributed by atoms with Crippen LogP contribution in [0.3, 0.4) is 0 Å². The number of carbonyl (C=O) groups is 1. The number of nitrogens with one attached hydrogen (secondary N) is 2. The fourth-order valence-electron chi connectivity index (χ4n) is 1.83. The number of carbonyl (C=O) groups excluding carboxylic acids is 1. The summed E-state index contributed by atoms with van der Waals surface area (Å²) in [4.78, 5) is 11.7. The molecule has 0 fully saturated rings. The van der Waals surface area contributed by atoms with Gasteiger partial charge in [-0.05, 0) is 23.6 Å². The standard InChI is InChI=1S/C15H24N2O4S/c1-4-11(2)14(18)9-16-15(19)17-13-7-5-12(6-8-13)10-22(3,20)21/h5-8,11,14,18H,4,9-10H2,1-3H3,(H2,16,17,19)/t11-,14-/m0/s1. The largest absolute Gasteiger partial charge is 0.391 e. The van der Waals surface area contributed by atoms with Gasteiger partial charge < -0.3 is 15.7 Å². The molecule has 0 saturated carbocycles. The molecule has 22 heavy (non-hydrogen) atoms. The molecule has 0 aliphatic rings. The molecule has 2 atom stereocenters. The zero-order valence-corrected chi connectivity index (χ0v) is 14.0. The number of hydrogen-bond donors (Lipinski definition) is 3. The summed E-state index contributed by atoms with van der Waals surface area (Å²) in [5.74, 6) is 0.0937. The molecule has 6 nitrogen and oxygen atoms in total. The Morgan fingerprint density at radius 1 is 1.27 bits per heavy atom. The fourth-order valence-corrected chi connectivity index (χ4v) is 2.63. The summed E-state index contributed by atoms with van der Waals surface area (Å²) in [6.07, 6.45) is 1.44. The van der Waals surface area contributed by atoms with Crippen LogP contribution in [-0.4, -0.2) is 38.5 Å². The second-order valence-corrected chi connectivity index (χ2v) is 7.70. The van der Waals surface area contributed by atoms with E-state index in [0.29, 0.717) is 11.3 Å². The molecule has 1 aromatic carbocycles. The maximum Gasteiger partial charge on any atom is 0.319 e. The predicted molar refractivity (Wildman–Crippen MR) is 87.5 cm³/mol. The Morgan fingerprint density at radius 3 is 2.36 bits per heavy atom. The Morgan fingerprint density at radius 2 is 1.86 bits per heavy atom. The molecule has 0 aliphatic heterocycles. The molecular weight excluding hydrogens is 304 g/mol. The average molecular weight is 328 g/mol. The highest BCUT2D eigenvalue weighted by atomic mass is 32.2. The number of urea groups is 1. The lowest BCUT2D eigenvalue weighted by molar-refractivity contribution is 0.115. The van der Waals surface area contributed by atoms with Crippen LogP contribution in [0.15, 0.2) is 24.3 Å². The van der Waals surface area contributed by atoms with Crippen LogP contribution < -0.4 is 10.6 Å². The fraction of sp³-hybridized carbons (Fsp3) is 0.533. The highest BCUT2D eigenvalue weighted by Crippen LogP contribution is 2.12. The summed E-state index contributed by atoms with van der Waals surface area (Å²) in [6.45, 7) is 4.09. The summed E-state index contributed by atoms with van der Waals surface area (Å²) >= 11 is 0. The monoisotopic (exact) mass is 328 g/mol. The molecule has 124 valence electrons. The third-order valence-electron chi connectivity index (χ3n) is 3.41. The van der Waals surface area contributed by atoms with Crippen molar-refractivity contribution in [3.05, 3.63) is 29.8 Å². The highest BCUT2D eigenvalue weighted by molar-refractivity contribution is 7.89. The van der Waals surface area contributed by atoms with Crippen LogP contribution in [0.1, 0.15) is 25.8 Å². The lowest BCUT2D eigenvalue weighted by atomic mass is 10.0. The van der Waals surface area contributed by atoms with Crippen molar-refractivity contribution in [3.63, 3.8) is 0 Å². The van der Waals surface area contributed by atoms with Gasteiger partial charge >= 0.3 is 6.03 Å². The summed E-state index contributed by atoms with van der Waals surface area (Å²) in [7, 11) is -3.07. The van der Waals surface area contributed by atoms with Crippen LogP contribution in [0, 0.1) is 5.92 Å². The van der Waals surface area contributed by atoms with Crippen molar-refractivity contribution in [1.82, 2.24) is 5.32 Å². The van der Waals surface area contributed by atoms with E-state index >= 15 is 0 Å². The summed E-state index contributed by atoms with van der Waals surface area (Å²) in [5.41, 5.74) is 1.23. The predicted octanol–water partition coefficient (Wildman–Crippen LogP) is 1.76. The molecule has 0 saturated heterocycles. The molecule has 3 N–H and O–H groups in total. The lowest BCUT2D eigenvalue weighted by Crippen LogP contribution is -2.37. The highest BCUT2D eigenvalue weighted by Gasteiger charge is 2.13. The van der Waals surface area contributed by atoms with E-state index in [2.05, 4.69) is 10.6 Å². The van der Waals surface area contributed by atoms with Gasteiger partial charge in [-0.3, -0.25) is 0 Å². The minimum atomic E-state index is -3.07. The zero-order valence-electron chi connectivity index (χ0n) is 13.2. The average Bonchev–Trinajstić information content (AvgIpc) is 2.44. The lowest BCUT2D eigenvalue weighted by Gasteiger charge is -2.17. The molecule has 0 aliphatic carbocycles. The number of anilines is 1. The molecule has 0 spiro atoms. The molecule has 0 bridgehead atoms. The first-order chi connectivity index (χ1) is 10.2. The van der Waals surface area contributed by atoms with E-state index in [9.17, 15) is 18.3 Å². The number of amides is 2. The topological polar surface area (TPSA) is 95.5 Å². The normalized spacial score (nSPS) is 14.2. The molecule has 1 rings (SSSR count). The minimum absolute atomic E-state index is 0.0272. The summed E-state index contributed by atoms with van der Waals surface area (Å²) in [5, 5.41) is 15.0. The third-order valence-corrected chi connectivity index (χ3v) is 4.27. The van der Waals surface area contributed by atoms with Gasteiger partial charge in [0, 0.05) is 18.5 Å². The SMILES string of the molecule is CC[C@H](C)[C@@H](O)CNC(=O)Nc1ccc(CS(C)(=O)=O)cc1. The molecule has 0 unspecified atom stereocenters. The van der Waals surface area contributed by atoms with Gasteiger partial charge in [-0.15, -0.1) is 0 Å². The van der Waals surface area contributed by atoms with Gasteiger partial charge in [0.2, 0.25) is 0 Å². The maximum absolute atomic E-state index is 11.7. The molecule has 2 amide bonds. The Bertz CT molecular complexity index is 584. The molecule has 7 heteroatoms. The molecule has 0 heterocycles. The van der Waals surface area contributed by atoms with Gasteiger partial charge in [-0.2, -0.15) is 0 Å². The molecule has 0 radical (unpaired) electrons. The van der Waals surface area contributed by atoms with Crippen molar-refractivity contribution in [3.8, 4) is 0 Å². The van der Waals surface area contributed by atoms with Gasteiger partial charge in [0.1, 0.15) is 0 Å². The van der Waals surface area contributed by atoms with Crippen molar-refractivity contribution in [2.45, 2.75) is 32.1 Å². The first-order valence-electron chi connectivity index (χ1n) is 7.21. The number of aliphatic hydroxyl groups excluding tert-OH is 1. The second-order valence-electron chi connectivity index (χ2n) is 5.55. The number of sulfone groups is 1. The molecular formula is C15H24N2O4S. The van der Waals surface area contributed by atoms with Crippen LogP contribution in [0.5, 0.6) is 0 Å². The first-order valence-corrected chi connectivity index (χ1v) is 9.27. The summed E-state index contributed by atoms with van der Waals surface area (Å²) < 4.78 is 22.4. The van der Waals surface area contributed by atoms with E-state index < -0.39 is 22.0 Å². The van der Waals surface area contributed by atoms with E-state index in [1.165, 1.54) is 6.26 Å². The van der Waals surface area contributed by atoms with Crippen molar-refractivity contribution in [1.29, 1.82) is 0 Å². The van der Waals surface area contributed by atoms with Gasteiger partial charge in [0.05, 0.1) is 11.9 Å². The van der Waals surface area contributed by atoms with E-state index in [0.717, 1.165) is 6.42 Å². The second kappa shape index (κ2) is 8.14. The molecule has 1 aromatic rings. The van der Waals surface area contributed by atoms with Crippen LogP contribution in [-0.2, 0) is 15.6 Å². The minimum Gasteiger partial charge on any atom is -0.391 e. The number of rotatable bonds is 7. The van der Waals surface area contributed by atoms with Crippen LogP contribution in [0.25, 0.3) is 0 Å². The van der Waals surface area contributed by atoms with Crippen LogP contribution in [0.2, 0.25) is 0 Å². The third kappa shape index (κ3) is 6.91. The summed E-state index contributed by atoms with van der Waals surface area (Å²) in [6, 6.07) is 6.20. The quantitative estimate of drug-likeness (QED) is 0.710. The van der Waals surface area contributed by atoms with Gasteiger partial charge in [-0.1, -0.05) is 32.4 Å². The van der Waals surface area contributed by atoms with Crippen molar-refractivity contribution < 1.29 is 18.3 Å². The first kappa shape index (κ1) is 18.4. The Hall–Kier alpha value is -1.60. The Balaban J connectivity index is 2.48. The molecule has 0 aromatic heterocycles. The zero-order chi connectivity index (χ0) is 16.8. The van der Waals surface area contributed by atoms with Crippen molar-refractivity contribution in [2.24, 2.45) is 5.92 Å². The smallest absolute Gasteiger partial charge is 0.319 e. The maximum atomic E-state index is 11.7.